The summed E-state index contributed by atoms with van der Waals surface area (Å²) in [6.07, 6.45) is 6.84. The molecule has 2 heteroatoms. The van der Waals surface area contributed by atoms with E-state index >= 15 is 0 Å². The van der Waals surface area contributed by atoms with Crippen molar-refractivity contribution in [3.8, 4) is 27.9 Å². The largest absolute Gasteiger partial charge is 0.275 e. The predicted octanol–water partition coefficient (Wildman–Crippen LogP) is 9.14. The molecule has 0 fully saturated rings. The highest BCUT2D eigenvalue weighted by molar-refractivity contribution is 6.19. The van der Waals surface area contributed by atoms with Gasteiger partial charge in [-0.2, -0.15) is 0 Å². The standard InChI is InChI=1S/C43H29NO/c45-43-38-21-11-6-16-33(38)39-27-31(28-12-2-1-3-13-28)24-25-40(39)44(43)42-36-19-9-7-17-34(36)41(35-18-8-10-20-37(35)42)32-23-22-29-14-4-5-15-30(29)26-32/h1-3,6-27H,4-5H2. The van der Waals surface area contributed by atoms with Crippen molar-refractivity contribution in [1.82, 2.24) is 4.57 Å². The highest BCUT2D eigenvalue weighted by atomic mass is 16.1. The molecule has 0 atom stereocenters. The molecule has 0 N–H and O–H groups in total. The van der Waals surface area contributed by atoms with E-state index in [4.69, 9.17) is 0 Å². The summed E-state index contributed by atoms with van der Waals surface area (Å²) in [7, 11) is 0. The van der Waals surface area contributed by atoms with Gasteiger partial charge in [0.15, 0.2) is 0 Å². The SMILES string of the molecule is O=c1c2ccccc2c2cc(-c3ccccc3)ccc2n1-c1c2ccccc2c(-c2ccc3c(c2)=CCCC=3)c2ccccc12. The topological polar surface area (TPSA) is 22.0 Å². The number of nitrogens with zero attached hydrogens (tertiary/aromatic N) is 1. The Morgan fingerprint density at radius 2 is 1.00 bits per heavy atom. The minimum atomic E-state index is -0.00691. The summed E-state index contributed by atoms with van der Waals surface area (Å²) in [6.45, 7) is 0. The molecule has 0 unspecified atom stereocenters. The molecule has 0 radical (unpaired) electrons. The fourth-order valence-electron chi connectivity index (χ4n) is 7.34. The Hall–Kier alpha value is -5.73. The molecule has 0 saturated heterocycles. The summed E-state index contributed by atoms with van der Waals surface area (Å²) in [4.78, 5) is 14.7. The highest BCUT2D eigenvalue weighted by Crippen LogP contribution is 2.41. The first-order valence-corrected chi connectivity index (χ1v) is 15.6. The van der Waals surface area contributed by atoms with Crippen molar-refractivity contribution < 1.29 is 0 Å². The van der Waals surface area contributed by atoms with Gasteiger partial charge in [0, 0.05) is 21.5 Å². The Kier molecular flexibility index (Phi) is 5.82. The third kappa shape index (κ3) is 3.99. The molecule has 0 aliphatic heterocycles. The predicted molar refractivity (Wildman–Crippen MR) is 190 cm³/mol. The fraction of sp³-hybridized carbons (Fsp3) is 0.0465. The summed E-state index contributed by atoms with van der Waals surface area (Å²) in [5, 5.41) is 9.75. The zero-order chi connectivity index (χ0) is 29.9. The van der Waals surface area contributed by atoms with Crippen molar-refractivity contribution in [2.45, 2.75) is 12.8 Å². The number of pyridine rings is 1. The lowest BCUT2D eigenvalue weighted by Gasteiger charge is -2.21. The lowest BCUT2D eigenvalue weighted by atomic mass is 9.89. The van der Waals surface area contributed by atoms with Crippen LogP contribution in [-0.2, 0) is 0 Å². The van der Waals surface area contributed by atoms with Crippen LogP contribution < -0.4 is 16.0 Å². The van der Waals surface area contributed by atoms with Gasteiger partial charge in [-0.25, -0.2) is 0 Å². The van der Waals surface area contributed by atoms with E-state index in [0.717, 1.165) is 67.5 Å². The Labute approximate surface area is 260 Å². The Morgan fingerprint density at radius 1 is 0.422 bits per heavy atom. The highest BCUT2D eigenvalue weighted by Gasteiger charge is 2.20. The third-order valence-corrected chi connectivity index (χ3v) is 9.39. The summed E-state index contributed by atoms with van der Waals surface area (Å²) in [5.41, 5.74) is 6.51. The monoisotopic (exact) mass is 575 g/mol. The molecule has 1 aliphatic rings. The molecule has 1 heterocycles. The number of hydrogen-bond acceptors (Lipinski definition) is 1. The van der Waals surface area contributed by atoms with Crippen molar-refractivity contribution in [2.24, 2.45) is 0 Å². The van der Waals surface area contributed by atoms with E-state index in [9.17, 15) is 4.79 Å². The molecule has 1 aromatic heterocycles. The summed E-state index contributed by atoms with van der Waals surface area (Å²) in [5.74, 6) is 0. The van der Waals surface area contributed by atoms with Gasteiger partial charge in [-0.1, -0.05) is 127 Å². The van der Waals surface area contributed by atoms with Crippen LogP contribution in [0.15, 0.2) is 144 Å². The van der Waals surface area contributed by atoms with Gasteiger partial charge >= 0.3 is 0 Å². The van der Waals surface area contributed by atoms with E-state index in [2.05, 4.69) is 127 Å². The molecule has 45 heavy (non-hydrogen) atoms. The van der Waals surface area contributed by atoms with Gasteiger partial charge in [0.2, 0.25) is 0 Å². The van der Waals surface area contributed by atoms with E-state index in [0.29, 0.717) is 5.39 Å². The number of aromatic nitrogens is 1. The van der Waals surface area contributed by atoms with Gasteiger partial charge in [0.05, 0.1) is 11.2 Å². The molecule has 212 valence electrons. The van der Waals surface area contributed by atoms with E-state index < -0.39 is 0 Å². The van der Waals surface area contributed by atoms with E-state index in [1.807, 2.05) is 28.8 Å². The number of fused-ring (bicyclic) bond motifs is 6. The van der Waals surface area contributed by atoms with Crippen molar-refractivity contribution in [1.29, 1.82) is 0 Å². The van der Waals surface area contributed by atoms with Gasteiger partial charge < -0.3 is 0 Å². The van der Waals surface area contributed by atoms with Crippen molar-refractivity contribution in [3.05, 3.63) is 160 Å². The minimum absolute atomic E-state index is 0.00691. The first-order valence-electron chi connectivity index (χ1n) is 15.6. The Morgan fingerprint density at radius 3 is 1.71 bits per heavy atom. The van der Waals surface area contributed by atoms with Gasteiger partial charge in [0.1, 0.15) is 0 Å². The molecule has 0 spiro atoms. The zero-order valence-electron chi connectivity index (χ0n) is 24.7. The van der Waals surface area contributed by atoms with Crippen LogP contribution in [0.25, 0.3) is 83.3 Å². The number of hydrogen-bond donors (Lipinski definition) is 0. The second-order valence-electron chi connectivity index (χ2n) is 11.9. The first-order chi connectivity index (χ1) is 22.3. The lowest BCUT2D eigenvalue weighted by Crippen LogP contribution is -2.26. The summed E-state index contributed by atoms with van der Waals surface area (Å²) >= 11 is 0. The quantitative estimate of drug-likeness (QED) is 0.152. The molecule has 0 saturated carbocycles. The Bertz CT molecular complexity index is 2610. The summed E-state index contributed by atoms with van der Waals surface area (Å²) < 4.78 is 1.97. The molecule has 7 aromatic carbocycles. The van der Waals surface area contributed by atoms with E-state index in [1.165, 1.54) is 21.6 Å². The van der Waals surface area contributed by atoms with Crippen molar-refractivity contribution in [3.63, 3.8) is 0 Å². The van der Waals surface area contributed by atoms with Crippen LogP contribution in [0.1, 0.15) is 12.8 Å². The number of rotatable bonds is 3. The maximum Gasteiger partial charge on any atom is 0.263 e. The maximum absolute atomic E-state index is 14.7. The maximum atomic E-state index is 14.7. The van der Waals surface area contributed by atoms with Crippen LogP contribution in [-0.4, -0.2) is 4.57 Å². The van der Waals surface area contributed by atoms with Gasteiger partial charge in [-0.15, -0.1) is 0 Å². The number of benzene rings is 7. The molecule has 9 rings (SSSR count). The minimum Gasteiger partial charge on any atom is -0.275 e. The lowest BCUT2D eigenvalue weighted by molar-refractivity contribution is 1.08. The third-order valence-electron chi connectivity index (χ3n) is 9.39. The Balaban J connectivity index is 1.44. The molecular formula is C43H29NO. The molecular weight excluding hydrogens is 546 g/mol. The van der Waals surface area contributed by atoms with Crippen LogP contribution in [0.3, 0.4) is 0 Å². The van der Waals surface area contributed by atoms with Crippen LogP contribution >= 0.6 is 0 Å². The van der Waals surface area contributed by atoms with Crippen LogP contribution in [0.2, 0.25) is 0 Å². The van der Waals surface area contributed by atoms with Crippen LogP contribution in [0, 0.1) is 0 Å². The van der Waals surface area contributed by atoms with Gasteiger partial charge in [-0.05, 0) is 86.0 Å². The summed E-state index contributed by atoms with van der Waals surface area (Å²) in [6, 6.07) is 48.9. The molecule has 1 aliphatic carbocycles. The van der Waals surface area contributed by atoms with E-state index in [-0.39, 0.29) is 5.56 Å². The second-order valence-corrected chi connectivity index (χ2v) is 11.9. The molecule has 8 aromatic rings. The smallest absolute Gasteiger partial charge is 0.263 e. The van der Waals surface area contributed by atoms with Gasteiger partial charge in [-0.3, -0.25) is 9.36 Å². The normalized spacial score (nSPS) is 12.7. The molecule has 2 nitrogen and oxygen atoms in total. The van der Waals surface area contributed by atoms with Crippen LogP contribution in [0.4, 0.5) is 0 Å². The first kappa shape index (κ1) is 25.7. The average molecular weight is 576 g/mol. The fourth-order valence-corrected chi connectivity index (χ4v) is 7.34. The van der Waals surface area contributed by atoms with E-state index in [1.54, 1.807) is 0 Å². The zero-order valence-corrected chi connectivity index (χ0v) is 24.7. The van der Waals surface area contributed by atoms with Crippen LogP contribution in [0.5, 0.6) is 0 Å². The molecule has 0 amide bonds. The van der Waals surface area contributed by atoms with Gasteiger partial charge in [0.25, 0.3) is 5.56 Å². The van der Waals surface area contributed by atoms with Crippen molar-refractivity contribution in [2.75, 3.05) is 0 Å². The molecule has 0 bridgehead atoms. The van der Waals surface area contributed by atoms with Crippen molar-refractivity contribution >= 4 is 55.4 Å². The second kappa shape index (κ2) is 10.2. The average Bonchev–Trinajstić information content (AvgIpc) is 3.11.